The van der Waals surface area contributed by atoms with Crippen LogP contribution in [0.1, 0.15) is 36.0 Å². The van der Waals surface area contributed by atoms with Gasteiger partial charge in [-0.2, -0.15) is 9.97 Å². The van der Waals surface area contributed by atoms with Gasteiger partial charge in [0.05, 0.1) is 25.7 Å². The highest BCUT2D eigenvalue weighted by molar-refractivity contribution is 6.43. The molecule has 4 heterocycles. The summed E-state index contributed by atoms with van der Waals surface area (Å²) in [5.41, 5.74) is 2.70. The molecule has 0 spiro atoms. The highest BCUT2D eigenvalue weighted by Gasteiger charge is 2.15. The normalized spacial score (nSPS) is 10.2. The van der Waals surface area contributed by atoms with Crippen LogP contribution in [0.5, 0.6) is 0 Å². The van der Waals surface area contributed by atoms with E-state index >= 15 is 0 Å². The second-order valence-corrected chi connectivity index (χ2v) is 10.9. The molecule has 8 nitrogen and oxygen atoms in total. The van der Waals surface area contributed by atoms with Crippen molar-refractivity contribution in [1.82, 2.24) is 30.2 Å². The molecule has 0 radical (unpaired) electrons. The van der Waals surface area contributed by atoms with E-state index in [0.717, 1.165) is 11.4 Å². The first kappa shape index (κ1) is 32.7. The second-order valence-electron chi connectivity index (χ2n) is 9.25. The molecule has 0 aliphatic carbocycles. The Morgan fingerprint density at radius 3 is 1.65 bits per heavy atom. The van der Waals surface area contributed by atoms with Crippen LogP contribution in [0.2, 0.25) is 20.1 Å². The number of hydrogen-bond donors (Lipinski definition) is 0. The molecule has 228 valence electrons. The molecule has 6 aromatic rings. The molecule has 0 saturated carbocycles. The van der Waals surface area contributed by atoms with E-state index in [1.54, 1.807) is 48.8 Å². The van der Waals surface area contributed by atoms with Gasteiger partial charge in [0, 0.05) is 43.6 Å². The number of pyridine rings is 2. The van der Waals surface area contributed by atoms with Gasteiger partial charge in [-0.25, -0.2) is 9.97 Å². The first-order valence-electron chi connectivity index (χ1n) is 13.8. The average molecular weight is 688 g/mol. The summed E-state index contributed by atoms with van der Waals surface area (Å²) in [7, 11) is 0. The highest BCUT2D eigenvalue weighted by Crippen LogP contribution is 2.33. The maximum atomic E-state index is 6.15. The van der Waals surface area contributed by atoms with Crippen molar-refractivity contribution < 1.29 is 9.05 Å². The van der Waals surface area contributed by atoms with Gasteiger partial charge >= 0.3 is 0 Å². The van der Waals surface area contributed by atoms with Crippen molar-refractivity contribution in [1.29, 1.82) is 0 Å². The van der Waals surface area contributed by atoms with Gasteiger partial charge in [0.2, 0.25) is 23.4 Å². The van der Waals surface area contributed by atoms with E-state index in [1.165, 1.54) is 0 Å². The fraction of sp³-hybridized carbons (Fsp3) is 0.118. The first-order valence-corrected chi connectivity index (χ1v) is 15.3. The lowest BCUT2D eigenvalue weighted by Crippen LogP contribution is -1.87. The molecule has 0 atom stereocenters. The summed E-state index contributed by atoms with van der Waals surface area (Å²) in [6.45, 7) is 0. The van der Waals surface area contributed by atoms with Gasteiger partial charge < -0.3 is 9.05 Å². The van der Waals surface area contributed by atoms with Crippen LogP contribution < -0.4 is 0 Å². The molecule has 0 saturated heterocycles. The summed E-state index contributed by atoms with van der Waals surface area (Å²) in [4.78, 5) is 16.9. The van der Waals surface area contributed by atoms with Crippen molar-refractivity contribution in [2.24, 2.45) is 0 Å². The zero-order chi connectivity index (χ0) is 32.1. The molecule has 0 aliphatic heterocycles. The Kier molecular flexibility index (Phi) is 11.8. The van der Waals surface area contributed by atoms with Crippen LogP contribution in [0.4, 0.5) is 0 Å². The van der Waals surface area contributed by atoms with Crippen molar-refractivity contribution >= 4 is 46.4 Å². The third-order valence-corrected chi connectivity index (χ3v) is 7.45. The number of benzene rings is 2. The van der Waals surface area contributed by atoms with Gasteiger partial charge in [-0.05, 0) is 60.4 Å². The van der Waals surface area contributed by atoms with Crippen LogP contribution in [0.25, 0.3) is 22.8 Å². The van der Waals surface area contributed by atoms with Gasteiger partial charge in [-0.1, -0.05) is 92.8 Å². The minimum Gasteiger partial charge on any atom is -0.339 e. The second kappa shape index (κ2) is 16.6. The lowest BCUT2D eigenvalue weighted by Gasteiger charge is -2.00. The lowest BCUT2D eigenvalue weighted by molar-refractivity contribution is 0.380. The van der Waals surface area contributed by atoms with Crippen LogP contribution in [-0.4, -0.2) is 30.2 Å². The third kappa shape index (κ3) is 9.17. The molecule has 0 unspecified atom stereocenters. The molecule has 46 heavy (non-hydrogen) atoms. The summed E-state index contributed by atoms with van der Waals surface area (Å²) in [5, 5.41) is 9.71. The molecular formula is C34H22Cl4N6O2. The standard InChI is InChI=1S/2C17H11Cl2N3O/c18-13-8-5-9-14(19)16(13)17-21-15(23-22-17)10-2-1-6-12-7-3-4-11-20-12;18-14-9-5-8-13(16(14)19)17-21-15(23-22-17)10-2-1-6-12-7-3-4-11-20-12/h2*3-5,7-9,11H,2,10H2. The molecule has 12 heteroatoms. The average Bonchev–Trinajstić information content (AvgIpc) is 3.74. The fourth-order valence-electron chi connectivity index (χ4n) is 3.83. The number of halogens is 4. The quantitative estimate of drug-likeness (QED) is 0.160. The maximum absolute atomic E-state index is 6.15. The number of rotatable bonds is 6. The van der Waals surface area contributed by atoms with E-state index in [9.17, 15) is 0 Å². The van der Waals surface area contributed by atoms with E-state index in [2.05, 4.69) is 53.9 Å². The smallest absolute Gasteiger partial charge is 0.227 e. The van der Waals surface area contributed by atoms with Gasteiger partial charge in [0.25, 0.3) is 0 Å². The third-order valence-electron chi connectivity index (χ3n) is 6.01. The van der Waals surface area contributed by atoms with Gasteiger partial charge in [-0.15, -0.1) is 0 Å². The maximum Gasteiger partial charge on any atom is 0.227 e. The largest absolute Gasteiger partial charge is 0.339 e. The van der Waals surface area contributed by atoms with Crippen LogP contribution >= 0.6 is 46.4 Å². The lowest BCUT2D eigenvalue weighted by atomic mass is 10.2. The first-order chi connectivity index (χ1) is 22.5. The van der Waals surface area contributed by atoms with Crippen molar-refractivity contribution in [3.05, 3.63) is 128 Å². The molecule has 4 aromatic heterocycles. The minimum absolute atomic E-state index is 0.383. The molecular weight excluding hydrogens is 666 g/mol. The minimum atomic E-state index is 0.383. The topological polar surface area (TPSA) is 104 Å². The molecule has 0 aliphatic rings. The van der Waals surface area contributed by atoms with E-state index in [1.807, 2.05) is 36.4 Å². The monoisotopic (exact) mass is 686 g/mol. The van der Waals surface area contributed by atoms with Crippen molar-refractivity contribution in [2.45, 2.75) is 25.7 Å². The zero-order valence-electron chi connectivity index (χ0n) is 23.9. The van der Waals surface area contributed by atoms with E-state index in [-0.39, 0.29) is 0 Å². The van der Waals surface area contributed by atoms with Crippen molar-refractivity contribution in [3.63, 3.8) is 0 Å². The Hall–Kier alpha value is -4.70. The Bertz CT molecular complexity index is 2010. The Labute approximate surface area is 285 Å². The van der Waals surface area contributed by atoms with Crippen LogP contribution in [0.3, 0.4) is 0 Å². The van der Waals surface area contributed by atoms with E-state index < -0.39 is 0 Å². The predicted octanol–water partition coefficient (Wildman–Crippen LogP) is 8.85. The summed E-state index contributed by atoms with van der Waals surface area (Å²) in [6.07, 6.45) is 5.72. The fourth-order valence-corrected chi connectivity index (χ4v) is 4.78. The predicted molar refractivity (Wildman–Crippen MR) is 178 cm³/mol. The Balaban J connectivity index is 0.000000181. The Morgan fingerprint density at radius 1 is 0.565 bits per heavy atom. The van der Waals surface area contributed by atoms with Crippen LogP contribution in [0.15, 0.2) is 94.2 Å². The molecule has 0 N–H and O–H groups in total. The summed E-state index contributed by atoms with van der Waals surface area (Å²) < 4.78 is 10.4. The molecule has 0 amide bonds. The zero-order valence-corrected chi connectivity index (χ0v) is 26.9. The number of nitrogens with zero attached hydrogens (tertiary/aromatic N) is 6. The number of aryl methyl sites for hydroxylation is 2. The summed E-state index contributed by atoms with van der Waals surface area (Å²) in [5.74, 6) is 13.8. The van der Waals surface area contributed by atoms with Crippen LogP contribution in [-0.2, 0) is 12.8 Å². The van der Waals surface area contributed by atoms with Gasteiger partial charge in [0.1, 0.15) is 11.4 Å². The van der Waals surface area contributed by atoms with Crippen molar-refractivity contribution in [3.8, 4) is 46.5 Å². The number of aromatic nitrogens is 6. The highest BCUT2D eigenvalue weighted by atomic mass is 35.5. The summed E-state index contributed by atoms with van der Waals surface area (Å²) in [6, 6.07) is 21.7. The van der Waals surface area contributed by atoms with E-state index in [4.69, 9.17) is 55.4 Å². The molecule has 2 aromatic carbocycles. The Morgan fingerprint density at radius 2 is 1.09 bits per heavy atom. The van der Waals surface area contributed by atoms with Crippen molar-refractivity contribution in [2.75, 3.05) is 0 Å². The molecule has 0 fully saturated rings. The number of hydrogen-bond acceptors (Lipinski definition) is 8. The van der Waals surface area contributed by atoms with Crippen LogP contribution in [0, 0.1) is 23.7 Å². The molecule has 0 bridgehead atoms. The van der Waals surface area contributed by atoms with E-state index in [0.29, 0.717) is 80.3 Å². The van der Waals surface area contributed by atoms with Gasteiger partial charge in [-0.3, -0.25) is 0 Å². The summed E-state index contributed by atoms with van der Waals surface area (Å²) >= 11 is 24.4. The van der Waals surface area contributed by atoms with Gasteiger partial charge in [0.15, 0.2) is 0 Å². The SMILES string of the molecule is Clc1cccc(-c2noc(CCC#Cc3ccccn3)n2)c1Cl.Clc1cccc(Cl)c1-c1noc(CCC#Cc2ccccn2)n1. The molecule has 6 rings (SSSR count).